The van der Waals surface area contributed by atoms with Crippen LogP contribution in [0.2, 0.25) is 0 Å². The van der Waals surface area contributed by atoms with Crippen molar-refractivity contribution < 1.29 is 9.90 Å². The lowest BCUT2D eigenvalue weighted by atomic mass is 9.90. The van der Waals surface area contributed by atoms with Gasteiger partial charge in [0.15, 0.2) is 0 Å². The van der Waals surface area contributed by atoms with Crippen molar-refractivity contribution in [1.82, 2.24) is 0 Å². The molecule has 0 aromatic rings. The van der Waals surface area contributed by atoms with Crippen LogP contribution in [0.3, 0.4) is 0 Å². The summed E-state index contributed by atoms with van der Waals surface area (Å²) in [7, 11) is 0. The number of allylic oxidation sites excluding steroid dienone is 1. The summed E-state index contributed by atoms with van der Waals surface area (Å²) in [5, 5.41) is 8.88. The van der Waals surface area contributed by atoms with Crippen LogP contribution in [0.25, 0.3) is 0 Å². The van der Waals surface area contributed by atoms with Gasteiger partial charge in [-0.1, -0.05) is 38.8 Å². The first-order chi connectivity index (χ1) is 7.13. The Balaban J connectivity index is 4.10. The zero-order valence-corrected chi connectivity index (χ0v) is 9.67. The van der Waals surface area contributed by atoms with E-state index in [0.717, 1.165) is 38.5 Å². The van der Waals surface area contributed by atoms with Gasteiger partial charge in [-0.3, -0.25) is 0 Å². The predicted octanol–water partition coefficient (Wildman–Crippen LogP) is 3.79. The van der Waals surface area contributed by atoms with E-state index in [1.807, 2.05) is 6.08 Å². The Hall–Kier alpha value is -1.05. The molecule has 0 aromatic carbocycles. The fraction of sp³-hybridized carbons (Fsp3) is 0.615. The summed E-state index contributed by atoms with van der Waals surface area (Å²) in [6, 6.07) is 0. The van der Waals surface area contributed by atoms with E-state index in [0.29, 0.717) is 5.57 Å². The number of aliphatic carboxylic acids is 1. The summed E-state index contributed by atoms with van der Waals surface area (Å²) in [5.41, 5.74) is 0.355. The van der Waals surface area contributed by atoms with Crippen molar-refractivity contribution in [2.75, 3.05) is 0 Å². The molecule has 2 nitrogen and oxygen atoms in total. The maximum absolute atomic E-state index is 10.8. The van der Waals surface area contributed by atoms with Crippen LogP contribution in [-0.2, 0) is 4.79 Å². The van der Waals surface area contributed by atoms with E-state index in [-0.39, 0.29) is 5.92 Å². The molecular weight excluding hydrogens is 188 g/mol. The first-order valence-electron chi connectivity index (χ1n) is 5.66. The topological polar surface area (TPSA) is 37.3 Å². The maximum atomic E-state index is 10.8. The molecule has 0 aliphatic carbocycles. The first kappa shape index (κ1) is 13.9. The number of hydrogen-bond donors (Lipinski definition) is 1. The summed E-state index contributed by atoms with van der Waals surface area (Å²) in [6.45, 7) is 9.45. The summed E-state index contributed by atoms with van der Waals surface area (Å²) in [5.74, 6) is -0.743. The minimum absolute atomic E-state index is 0.118. The van der Waals surface area contributed by atoms with Crippen molar-refractivity contribution in [1.29, 1.82) is 0 Å². The van der Waals surface area contributed by atoms with Crippen molar-refractivity contribution in [3.05, 3.63) is 24.8 Å². The van der Waals surface area contributed by atoms with Gasteiger partial charge in [-0.2, -0.15) is 0 Å². The lowest BCUT2D eigenvalue weighted by Gasteiger charge is -2.15. The number of rotatable bonds is 9. The largest absolute Gasteiger partial charge is 0.478 e. The van der Waals surface area contributed by atoms with Crippen molar-refractivity contribution in [2.45, 2.75) is 45.4 Å². The SMILES string of the molecule is C=CCCC(CCCCC)C(=C)C(=O)O. The molecule has 0 radical (unpaired) electrons. The molecule has 0 fully saturated rings. The molecule has 0 aromatic heterocycles. The van der Waals surface area contributed by atoms with Gasteiger partial charge in [-0.15, -0.1) is 6.58 Å². The standard InChI is InChI=1S/C13H22O2/c1-4-6-8-10-12(9-7-5-2)11(3)13(14)15/h5,12H,2-4,6-10H2,1H3,(H,14,15). The smallest absolute Gasteiger partial charge is 0.331 e. The van der Waals surface area contributed by atoms with E-state index in [4.69, 9.17) is 5.11 Å². The second-order valence-electron chi connectivity index (χ2n) is 3.89. The van der Waals surface area contributed by atoms with Crippen molar-refractivity contribution in [3.8, 4) is 0 Å². The quantitative estimate of drug-likeness (QED) is 0.357. The Kier molecular flexibility index (Phi) is 7.69. The molecule has 0 amide bonds. The Bertz CT molecular complexity index is 219. The van der Waals surface area contributed by atoms with Gasteiger partial charge in [0.2, 0.25) is 0 Å². The van der Waals surface area contributed by atoms with Crippen LogP contribution in [0.5, 0.6) is 0 Å². The van der Waals surface area contributed by atoms with Gasteiger partial charge >= 0.3 is 5.97 Å². The molecule has 1 N–H and O–H groups in total. The number of unbranched alkanes of at least 4 members (excludes halogenated alkanes) is 2. The number of hydrogen-bond acceptors (Lipinski definition) is 1. The Morgan fingerprint density at radius 3 is 2.53 bits per heavy atom. The molecule has 0 aliphatic heterocycles. The van der Waals surface area contributed by atoms with Crippen LogP contribution in [-0.4, -0.2) is 11.1 Å². The van der Waals surface area contributed by atoms with Crippen molar-refractivity contribution in [2.24, 2.45) is 5.92 Å². The molecule has 0 aliphatic rings. The third-order valence-corrected chi connectivity index (χ3v) is 2.64. The van der Waals surface area contributed by atoms with Gasteiger partial charge in [0.05, 0.1) is 0 Å². The molecule has 1 atom stereocenters. The van der Waals surface area contributed by atoms with Crippen LogP contribution in [0.15, 0.2) is 24.8 Å². The zero-order chi connectivity index (χ0) is 11.7. The highest BCUT2D eigenvalue weighted by atomic mass is 16.4. The summed E-state index contributed by atoms with van der Waals surface area (Å²) in [6.07, 6.45) is 7.91. The average Bonchev–Trinajstić information content (AvgIpc) is 2.22. The lowest BCUT2D eigenvalue weighted by molar-refractivity contribution is -0.133. The van der Waals surface area contributed by atoms with Crippen molar-refractivity contribution in [3.63, 3.8) is 0 Å². The second kappa shape index (κ2) is 8.27. The van der Waals surface area contributed by atoms with Crippen LogP contribution >= 0.6 is 0 Å². The summed E-state index contributed by atoms with van der Waals surface area (Å²) >= 11 is 0. The molecule has 0 saturated carbocycles. The molecule has 15 heavy (non-hydrogen) atoms. The molecule has 0 saturated heterocycles. The maximum Gasteiger partial charge on any atom is 0.331 e. The van der Waals surface area contributed by atoms with E-state index in [9.17, 15) is 4.79 Å². The van der Waals surface area contributed by atoms with Gasteiger partial charge in [0.1, 0.15) is 0 Å². The molecule has 0 bridgehead atoms. The fourth-order valence-electron chi connectivity index (χ4n) is 1.63. The van der Waals surface area contributed by atoms with Gasteiger partial charge in [-0.25, -0.2) is 4.79 Å². The van der Waals surface area contributed by atoms with Crippen LogP contribution in [0.4, 0.5) is 0 Å². The molecule has 86 valence electrons. The summed E-state index contributed by atoms with van der Waals surface area (Å²) in [4.78, 5) is 10.8. The van der Waals surface area contributed by atoms with Gasteiger partial charge in [-0.05, 0) is 25.2 Å². The van der Waals surface area contributed by atoms with Crippen LogP contribution < -0.4 is 0 Å². The molecule has 0 rings (SSSR count). The normalized spacial score (nSPS) is 12.1. The van der Waals surface area contributed by atoms with E-state index >= 15 is 0 Å². The lowest BCUT2D eigenvalue weighted by Crippen LogP contribution is -2.11. The average molecular weight is 210 g/mol. The molecule has 2 heteroatoms. The highest BCUT2D eigenvalue weighted by molar-refractivity contribution is 5.86. The Morgan fingerprint density at radius 1 is 1.40 bits per heavy atom. The minimum Gasteiger partial charge on any atom is -0.478 e. The Labute approximate surface area is 92.7 Å². The third-order valence-electron chi connectivity index (χ3n) is 2.64. The number of carbonyl (C=O) groups is 1. The van der Waals surface area contributed by atoms with Gasteiger partial charge in [0.25, 0.3) is 0 Å². The highest BCUT2D eigenvalue weighted by Gasteiger charge is 2.16. The van der Waals surface area contributed by atoms with Gasteiger partial charge < -0.3 is 5.11 Å². The van der Waals surface area contributed by atoms with Crippen LogP contribution in [0.1, 0.15) is 45.4 Å². The van der Waals surface area contributed by atoms with E-state index in [2.05, 4.69) is 20.1 Å². The van der Waals surface area contributed by atoms with E-state index in [1.165, 1.54) is 0 Å². The molecular formula is C13H22O2. The van der Waals surface area contributed by atoms with E-state index in [1.54, 1.807) is 0 Å². The van der Waals surface area contributed by atoms with Crippen molar-refractivity contribution >= 4 is 5.97 Å². The predicted molar refractivity (Wildman–Crippen MR) is 63.8 cm³/mol. The molecule has 1 unspecified atom stereocenters. The van der Waals surface area contributed by atoms with Crippen LogP contribution in [0, 0.1) is 5.92 Å². The minimum atomic E-state index is -0.861. The van der Waals surface area contributed by atoms with Gasteiger partial charge in [0, 0.05) is 5.57 Å². The zero-order valence-electron chi connectivity index (χ0n) is 9.67. The fourth-order valence-corrected chi connectivity index (χ4v) is 1.63. The summed E-state index contributed by atoms with van der Waals surface area (Å²) < 4.78 is 0. The van der Waals surface area contributed by atoms with E-state index < -0.39 is 5.97 Å². The molecule has 0 heterocycles. The Morgan fingerprint density at radius 2 is 2.07 bits per heavy atom. The third kappa shape index (κ3) is 6.10. The number of carboxylic acid groups (broad SMARTS) is 1. The molecule has 0 spiro atoms. The monoisotopic (exact) mass is 210 g/mol. The second-order valence-corrected chi connectivity index (χ2v) is 3.89. The first-order valence-corrected chi connectivity index (χ1v) is 5.66. The number of carboxylic acids is 1. The highest BCUT2D eigenvalue weighted by Crippen LogP contribution is 2.23.